The van der Waals surface area contributed by atoms with Crippen LogP contribution in [0, 0.1) is 0 Å². The van der Waals surface area contributed by atoms with Crippen LogP contribution in [0.25, 0.3) is 0 Å². The molecule has 11 heteroatoms. The zero-order valence-electron chi connectivity index (χ0n) is 10.6. The molecule has 3 nitrogen and oxygen atoms in total. The van der Waals surface area contributed by atoms with Gasteiger partial charge in [-0.25, -0.2) is 0 Å². The molecule has 1 aromatic heterocycles. The molecule has 0 unspecified atom stereocenters. The monoisotopic (exact) mass is 339 g/mol. The Morgan fingerprint density at radius 2 is 1.15 bits per heavy atom. The minimum atomic E-state index is -4.41. The summed E-state index contributed by atoms with van der Waals surface area (Å²) in [4.78, 5) is 0. The number of aromatic nitrogens is 3. The van der Waals surface area contributed by atoms with Crippen LogP contribution >= 0.6 is 23.5 Å². The third kappa shape index (κ3) is 4.47. The largest absolute Gasteiger partial charge is 0.400 e. The smallest absolute Gasteiger partial charge is 0.300 e. The molecule has 0 aliphatic carbocycles. The Kier molecular flexibility index (Phi) is 5.28. The highest BCUT2D eigenvalue weighted by Gasteiger charge is 2.39. The summed E-state index contributed by atoms with van der Waals surface area (Å²) >= 11 is 0.805. The van der Waals surface area contributed by atoms with Crippen molar-refractivity contribution in [2.75, 3.05) is 0 Å². The van der Waals surface area contributed by atoms with Gasteiger partial charge in [0.05, 0.1) is 0 Å². The Morgan fingerprint density at radius 3 is 1.40 bits per heavy atom. The highest BCUT2D eigenvalue weighted by Crippen LogP contribution is 2.37. The predicted molar refractivity (Wildman–Crippen MR) is 63.8 cm³/mol. The van der Waals surface area contributed by atoms with E-state index in [0.717, 1.165) is 18.4 Å². The molecule has 0 aliphatic rings. The maximum atomic E-state index is 12.4. The van der Waals surface area contributed by atoms with Crippen LogP contribution in [0.15, 0.2) is 10.3 Å². The fourth-order valence-electron chi connectivity index (χ4n) is 0.957. The van der Waals surface area contributed by atoms with Crippen LogP contribution in [0.4, 0.5) is 26.3 Å². The van der Waals surface area contributed by atoms with Crippen molar-refractivity contribution >= 4 is 23.5 Å². The van der Waals surface area contributed by atoms with Crippen LogP contribution in [0.1, 0.15) is 13.8 Å². The minimum absolute atomic E-state index is 0.0771. The summed E-state index contributed by atoms with van der Waals surface area (Å²) in [6, 6.07) is 0. The van der Waals surface area contributed by atoms with Crippen LogP contribution in [-0.4, -0.2) is 37.6 Å². The first-order chi connectivity index (χ1) is 8.93. The van der Waals surface area contributed by atoms with Crippen molar-refractivity contribution in [3.63, 3.8) is 0 Å². The number of nitrogens with zero attached hydrogens (tertiary/aromatic N) is 3. The molecule has 0 fully saturated rings. The summed E-state index contributed by atoms with van der Waals surface area (Å²) in [7, 11) is 1.33. The molecule has 0 saturated carbocycles. The van der Waals surface area contributed by atoms with E-state index in [2.05, 4.69) is 10.2 Å². The Morgan fingerprint density at radius 1 is 0.850 bits per heavy atom. The molecule has 0 N–H and O–H groups in total. The fraction of sp³-hybridized carbons (Fsp3) is 0.778. The Balaban J connectivity index is 2.80. The van der Waals surface area contributed by atoms with E-state index in [1.807, 2.05) is 0 Å². The maximum absolute atomic E-state index is 12.4. The number of hydrogen-bond donors (Lipinski definition) is 0. The lowest BCUT2D eigenvalue weighted by atomic mass is 10.5. The third-order valence-corrected chi connectivity index (χ3v) is 4.66. The molecule has 0 amide bonds. The number of halogens is 6. The average Bonchev–Trinajstić information content (AvgIpc) is 2.59. The van der Waals surface area contributed by atoms with E-state index in [1.54, 1.807) is 0 Å². The zero-order valence-corrected chi connectivity index (χ0v) is 12.2. The van der Waals surface area contributed by atoms with Crippen molar-refractivity contribution in [3.05, 3.63) is 0 Å². The van der Waals surface area contributed by atoms with Crippen LogP contribution in [0.3, 0.4) is 0 Å². The summed E-state index contributed by atoms with van der Waals surface area (Å²) < 4.78 is 75.6. The topological polar surface area (TPSA) is 30.7 Å². The molecule has 116 valence electrons. The van der Waals surface area contributed by atoms with Gasteiger partial charge in [-0.05, 0) is 13.8 Å². The normalized spacial score (nSPS) is 16.2. The second-order valence-corrected chi connectivity index (χ2v) is 6.54. The van der Waals surface area contributed by atoms with Crippen molar-refractivity contribution < 1.29 is 26.3 Å². The first-order valence-electron chi connectivity index (χ1n) is 5.29. The second kappa shape index (κ2) is 6.04. The lowest BCUT2D eigenvalue weighted by Gasteiger charge is -2.15. The highest BCUT2D eigenvalue weighted by molar-refractivity contribution is 8.00. The van der Waals surface area contributed by atoms with Gasteiger partial charge in [0.25, 0.3) is 0 Å². The van der Waals surface area contributed by atoms with Crippen molar-refractivity contribution in [1.29, 1.82) is 0 Å². The molecule has 0 bridgehead atoms. The van der Waals surface area contributed by atoms with Gasteiger partial charge in [-0.2, -0.15) is 26.3 Å². The summed E-state index contributed by atoms with van der Waals surface area (Å²) in [5.74, 6) is 0. The van der Waals surface area contributed by atoms with Gasteiger partial charge in [-0.3, -0.25) is 0 Å². The van der Waals surface area contributed by atoms with Gasteiger partial charge in [0.15, 0.2) is 10.3 Å². The van der Waals surface area contributed by atoms with Crippen molar-refractivity contribution in [1.82, 2.24) is 14.8 Å². The van der Waals surface area contributed by atoms with Gasteiger partial charge in [-0.15, -0.1) is 10.2 Å². The quantitative estimate of drug-likeness (QED) is 0.615. The van der Waals surface area contributed by atoms with Crippen molar-refractivity contribution in [3.8, 4) is 0 Å². The van der Waals surface area contributed by atoms with Gasteiger partial charge < -0.3 is 4.57 Å². The number of hydrogen-bond acceptors (Lipinski definition) is 4. The first kappa shape index (κ1) is 17.5. The minimum Gasteiger partial charge on any atom is -0.300 e. The van der Waals surface area contributed by atoms with E-state index in [4.69, 9.17) is 0 Å². The van der Waals surface area contributed by atoms with Crippen LogP contribution in [0.2, 0.25) is 0 Å². The number of thioether (sulfide) groups is 2. The maximum Gasteiger partial charge on any atom is 0.400 e. The second-order valence-electron chi connectivity index (χ2n) is 3.93. The molecule has 1 rings (SSSR count). The van der Waals surface area contributed by atoms with E-state index < -0.39 is 22.9 Å². The number of rotatable bonds is 4. The summed E-state index contributed by atoms with van der Waals surface area (Å²) in [6.07, 6.45) is -8.83. The number of alkyl halides is 6. The highest BCUT2D eigenvalue weighted by atomic mass is 32.2. The molecule has 0 saturated heterocycles. The average molecular weight is 339 g/mol. The van der Waals surface area contributed by atoms with Gasteiger partial charge >= 0.3 is 12.4 Å². The molecule has 2 atom stereocenters. The summed E-state index contributed by atoms with van der Waals surface area (Å²) in [6.45, 7) is 1.90. The van der Waals surface area contributed by atoms with E-state index >= 15 is 0 Å². The molecule has 0 radical (unpaired) electrons. The molecule has 0 aliphatic heterocycles. The third-order valence-electron chi connectivity index (χ3n) is 2.28. The molecule has 0 aromatic carbocycles. The van der Waals surface area contributed by atoms with E-state index in [1.165, 1.54) is 7.05 Å². The Bertz CT molecular complexity index is 416. The lowest BCUT2D eigenvalue weighted by Crippen LogP contribution is -2.23. The molecule has 20 heavy (non-hydrogen) atoms. The van der Waals surface area contributed by atoms with Crippen LogP contribution < -0.4 is 0 Å². The van der Waals surface area contributed by atoms with Crippen LogP contribution in [0.5, 0.6) is 0 Å². The Labute approximate surface area is 119 Å². The van der Waals surface area contributed by atoms with Gasteiger partial charge in [-0.1, -0.05) is 23.5 Å². The van der Waals surface area contributed by atoms with Gasteiger partial charge in [0.2, 0.25) is 0 Å². The van der Waals surface area contributed by atoms with E-state index in [0.29, 0.717) is 23.5 Å². The van der Waals surface area contributed by atoms with E-state index in [-0.39, 0.29) is 10.3 Å². The molecule has 0 spiro atoms. The lowest BCUT2D eigenvalue weighted by molar-refractivity contribution is -0.126. The Hall–Kier alpha value is -0.580. The predicted octanol–water partition coefficient (Wildman–Crippen LogP) is 3.90. The van der Waals surface area contributed by atoms with Crippen molar-refractivity contribution in [2.45, 2.75) is 47.0 Å². The SMILES string of the molecule is C[C@@H](Sc1nnc(S[C@H](C)C(F)(F)F)n1C)C(F)(F)F. The van der Waals surface area contributed by atoms with Crippen molar-refractivity contribution in [2.24, 2.45) is 7.05 Å². The summed E-state index contributed by atoms with van der Waals surface area (Å²) in [5, 5.41) is 3.39. The van der Waals surface area contributed by atoms with Gasteiger partial charge in [0.1, 0.15) is 10.5 Å². The van der Waals surface area contributed by atoms with Crippen LogP contribution in [-0.2, 0) is 7.05 Å². The molecule has 1 heterocycles. The first-order valence-corrected chi connectivity index (χ1v) is 7.05. The summed E-state index contributed by atoms with van der Waals surface area (Å²) in [5.41, 5.74) is 0. The van der Waals surface area contributed by atoms with E-state index in [9.17, 15) is 26.3 Å². The standard InChI is InChI=1S/C9H11F6N3S2/c1-4(8(10,11)12)19-6-16-17-7(18(6)3)20-5(2)9(13,14)15/h4-5H,1-3H3/t4-,5-/m1/s1. The molecule has 1 aromatic rings. The molecular weight excluding hydrogens is 328 g/mol. The fourth-order valence-corrected chi connectivity index (χ4v) is 2.58. The van der Waals surface area contributed by atoms with Gasteiger partial charge in [0, 0.05) is 7.05 Å². The zero-order chi connectivity index (χ0) is 15.7. The molecular formula is C9H11F6N3S2.